The molecule has 1 aliphatic rings. The Morgan fingerprint density at radius 1 is 1.09 bits per heavy atom. The number of epoxide rings is 1. The van der Waals surface area contributed by atoms with Gasteiger partial charge in [-0.3, -0.25) is 4.79 Å². The minimum absolute atomic E-state index is 0.0377. The first-order chi connectivity index (χ1) is 11.1. The summed E-state index contributed by atoms with van der Waals surface area (Å²) in [5.41, 5.74) is 0. The van der Waals surface area contributed by atoms with Crippen LogP contribution in [-0.4, -0.2) is 52.6 Å². The SMILES string of the molecule is CCCCCCCCC(C(=O)OCC1CO1)C(OC)(OC)OC. The molecular formula is C17H32O6. The predicted octanol–water partition coefficient (Wildman–Crippen LogP) is 2.89. The normalized spacial score (nSPS) is 18.7. The molecule has 0 aromatic rings. The van der Waals surface area contributed by atoms with E-state index >= 15 is 0 Å². The van der Waals surface area contributed by atoms with Crippen LogP contribution in [0.4, 0.5) is 0 Å². The molecule has 0 amide bonds. The average molecular weight is 332 g/mol. The summed E-state index contributed by atoms with van der Waals surface area (Å²) in [6.45, 7) is 3.12. The fourth-order valence-electron chi connectivity index (χ4n) is 2.68. The van der Waals surface area contributed by atoms with E-state index in [1.807, 2.05) is 0 Å². The first-order valence-electron chi connectivity index (χ1n) is 8.57. The van der Waals surface area contributed by atoms with Crippen molar-refractivity contribution in [1.82, 2.24) is 0 Å². The highest BCUT2D eigenvalue weighted by Crippen LogP contribution is 2.30. The van der Waals surface area contributed by atoms with Crippen LogP contribution in [0.5, 0.6) is 0 Å². The summed E-state index contributed by atoms with van der Waals surface area (Å²) in [5, 5.41) is 0. The molecule has 1 heterocycles. The molecular weight excluding hydrogens is 300 g/mol. The van der Waals surface area contributed by atoms with Crippen LogP contribution in [0.1, 0.15) is 51.9 Å². The van der Waals surface area contributed by atoms with Gasteiger partial charge >= 0.3 is 5.97 Å². The summed E-state index contributed by atoms with van der Waals surface area (Å²) in [6.07, 6.45) is 7.50. The molecule has 0 saturated carbocycles. The number of carbonyl (C=O) groups excluding carboxylic acids is 1. The first-order valence-corrected chi connectivity index (χ1v) is 8.57. The maximum atomic E-state index is 12.4. The minimum Gasteiger partial charge on any atom is -0.462 e. The van der Waals surface area contributed by atoms with Gasteiger partial charge in [-0.25, -0.2) is 0 Å². The molecule has 1 rings (SSSR count). The van der Waals surface area contributed by atoms with Gasteiger partial charge in [0.15, 0.2) is 0 Å². The van der Waals surface area contributed by atoms with Gasteiger partial charge in [0, 0.05) is 21.3 Å². The van der Waals surface area contributed by atoms with Gasteiger partial charge in [-0.15, -0.1) is 0 Å². The van der Waals surface area contributed by atoms with Gasteiger partial charge in [0.25, 0.3) is 5.97 Å². The summed E-state index contributed by atoms with van der Waals surface area (Å²) in [7, 11) is 4.41. The Labute approximate surface area is 139 Å². The predicted molar refractivity (Wildman–Crippen MR) is 85.9 cm³/mol. The van der Waals surface area contributed by atoms with Crippen molar-refractivity contribution in [2.75, 3.05) is 34.5 Å². The zero-order chi connectivity index (χ0) is 17.1. The molecule has 0 aromatic heterocycles. The van der Waals surface area contributed by atoms with Crippen LogP contribution in [-0.2, 0) is 28.5 Å². The van der Waals surface area contributed by atoms with Gasteiger partial charge in [0.05, 0.1) is 6.61 Å². The maximum absolute atomic E-state index is 12.4. The zero-order valence-electron chi connectivity index (χ0n) is 15.0. The molecule has 1 aliphatic heterocycles. The molecule has 1 saturated heterocycles. The summed E-state index contributed by atoms with van der Waals surface area (Å²) < 4.78 is 26.5. The standard InChI is InChI=1S/C17H32O6/c1-5-6-7-8-9-10-11-15(17(19-2,20-3)21-4)16(18)23-13-14-12-22-14/h14-15H,5-13H2,1-4H3. The molecule has 2 atom stereocenters. The molecule has 23 heavy (non-hydrogen) atoms. The van der Waals surface area contributed by atoms with Gasteiger partial charge in [0.1, 0.15) is 18.6 Å². The largest absolute Gasteiger partial charge is 0.462 e. The van der Waals surface area contributed by atoms with E-state index in [1.54, 1.807) is 0 Å². The number of unbranched alkanes of at least 4 members (excludes halogenated alkanes) is 5. The molecule has 0 aromatic carbocycles. The Morgan fingerprint density at radius 3 is 2.17 bits per heavy atom. The maximum Gasteiger partial charge on any atom is 0.317 e. The van der Waals surface area contributed by atoms with Crippen molar-refractivity contribution in [3.8, 4) is 0 Å². The molecule has 6 nitrogen and oxygen atoms in total. The fourth-order valence-corrected chi connectivity index (χ4v) is 2.68. The van der Waals surface area contributed by atoms with E-state index in [4.69, 9.17) is 23.7 Å². The molecule has 136 valence electrons. The van der Waals surface area contributed by atoms with E-state index in [-0.39, 0.29) is 18.7 Å². The van der Waals surface area contributed by atoms with Crippen LogP contribution in [0.3, 0.4) is 0 Å². The third-order valence-electron chi connectivity index (χ3n) is 4.23. The van der Waals surface area contributed by atoms with Gasteiger partial charge < -0.3 is 23.7 Å². The number of esters is 1. The highest BCUT2D eigenvalue weighted by atomic mass is 16.9. The minimum atomic E-state index is -1.40. The van der Waals surface area contributed by atoms with Crippen LogP contribution in [0.25, 0.3) is 0 Å². The number of hydrogen-bond acceptors (Lipinski definition) is 6. The summed E-state index contributed by atoms with van der Waals surface area (Å²) in [4.78, 5) is 12.4. The molecule has 0 aliphatic carbocycles. The van der Waals surface area contributed by atoms with Gasteiger partial charge in [-0.2, -0.15) is 0 Å². The Balaban J connectivity index is 2.53. The third kappa shape index (κ3) is 6.75. The molecule has 0 N–H and O–H groups in total. The molecule has 1 fully saturated rings. The number of hydrogen-bond donors (Lipinski definition) is 0. The smallest absolute Gasteiger partial charge is 0.317 e. The van der Waals surface area contributed by atoms with E-state index < -0.39 is 11.9 Å². The van der Waals surface area contributed by atoms with Crippen molar-refractivity contribution in [3.05, 3.63) is 0 Å². The number of rotatable bonds is 14. The van der Waals surface area contributed by atoms with E-state index in [9.17, 15) is 4.79 Å². The molecule has 6 heteroatoms. The quantitative estimate of drug-likeness (QED) is 0.211. The summed E-state index contributed by atoms with van der Waals surface area (Å²) >= 11 is 0. The van der Waals surface area contributed by atoms with Gasteiger partial charge in [-0.05, 0) is 6.42 Å². The lowest BCUT2D eigenvalue weighted by atomic mass is 9.97. The average Bonchev–Trinajstić information content (AvgIpc) is 3.40. The van der Waals surface area contributed by atoms with Crippen LogP contribution < -0.4 is 0 Å². The number of ether oxygens (including phenoxy) is 5. The first kappa shape index (κ1) is 20.4. The van der Waals surface area contributed by atoms with Crippen molar-refractivity contribution >= 4 is 5.97 Å². The number of methoxy groups -OCH3 is 3. The second-order valence-corrected chi connectivity index (χ2v) is 5.91. The van der Waals surface area contributed by atoms with Crippen molar-refractivity contribution in [3.63, 3.8) is 0 Å². The van der Waals surface area contributed by atoms with E-state index in [1.165, 1.54) is 47.0 Å². The van der Waals surface area contributed by atoms with E-state index in [0.717, 1.165) is 12.8 Å². The lowest BCUT2D eigenvalue weighted by molar-refractivity contribution is -0.375. The van der Waals surface area contributed by atoms with Crippen molar-refractivity contribution < 1.29 is 28.5 Å². The Kier molecular flexibility index (Phi) is 9.71. The van der Waals surface area contributed by atoms with Crippen LogP contribution in [0, 0.1) is 5.92 Å². The lowest BCUT2D eigenvalue weighted by Gasteiger charge is -2.34. The Morgan fingerprint density at radius 2 is 1.65 bits per heavy atom. The molecule has 0 spiro atoms. The highest BCUT2D eigenvalue weighted by Gasteiger charge is 2.46. The second kappa shape index (κ2) is 11.0. The van der Waals surface area contributed by atoms with Crippen molar-refractivity contribution in [2.24, 2.45) is 5.92 Å². The monoisotopic (exact) mass is 332 g/mol. The molecule has 0 bridgehead atoms. The Bertz CT molecular complexity index is 317. The van der Waals surface area contributed by atoms with Crippen molar-refractivity contribution in [2.45, 2.75) is 63.9 Å². The zero-order valence-corrected chi connectivity index (χ0v) is 15.0. The summed E-state index contributed by atoms with van der Waals surface area (Å²) in [5.74, 6) is -2.38. The fraction of sp³-hybridized carbons (Fsp3) is 0.941. The highest BCUT2D eigenvalue weighted by molar-refractivity contribution is 5.73. The molecule has 0 radical (unpaired) electrons. The summed E-state index contributed by atoms with van der Waals surface area (Å²) in [6, 6.07) is 0. The van der Waals surface area contributed by atoms with Crippen LogP contribution in [0.2, 0.25) is 0 Å². The van der Waals surface area contributed by atoms with Crippen LogP contribution >= 0.6 is 0 Å². The van der Waals surface area contributed by atoms with Crippen molar-refractivity contribution in [1.29, 1.82) is 0 Å². The Hall–Kier alpha value is -0.690. The lowest BCUT2D eigenvalue weighted by Crippen LogP contribution is -2.48. The van der Waals surface area contributed by atoms with Gasteiger partial charge in [0.2, 0.25) is 0 Å². The van der Waals surface area contributed by atoms with Gasteiger partial charge in [-0.1, -0.05) is 45.4 Å². The van der Waals surface area contributed by atoms with E-state index in [2.05, 4.69) is 6.92 Å². The third-order valence-corrected chi connectivity index (χ3v) is 4.23. The topological polar surface area (TPSA) is 66.5 Å². The molecule has 2 unspecified atom stereocenters. The van der Waals surface area contributed by atoms with E-state index in [0.29, 0.717) is 13.0 Å². The second-order valence-electron chi connectivity index (χ2n) is 5.91. The van der Waals surface area contributed by atoms with Crippen LogP contribution in [0.15, 0.2) is 0 Å². The number of carbonyl (C=O) groups is 1.